The van der Waals surface area contributed by atoms with Gasteiger partial charge in [-0.2, -0.15) is 4.58 Å². The molecule has 0 spiro atoms. The van der Waals surface area contributed by atoms with E-state index in [0.717, 1.165) is 17.0 Å². The molecule has 1 fully saturated rings. The number of hydrogen-bond donors (Lipinski definition) is 0. The van der Waals surface area contributed by atoms with Gasteiger partial charge in [0.25, 0.3) is 11.6 Å². The zero-order chi connectivity index (χ0) is 31.4. The quantitative estimate of drug-likeness (QED) is 0.185. The van der Waals surface area contributed by atoms with Gasteiger partial charge in [-0.1, -0.05) is 24.3 Å². The summed E-state index contributed by atoms with van der Waals surface area (Å²) in [5.41, 5.74) is 2.26. The van der Waals surface area contributed by atoms with E-state index in [-0.39, 0.29) is 80.8 Å². The number of amides is 1. The third kappa shape index (κ3) is 10.7. The zero-order valence-corrected chi connectivity index (χ0v) is 29.5. The largest absolute Gasteiger partial charge is 1.00 e. The van der Waals surface area contributed by atoms with Crippen LogP contribution < -0.4 is 56.5 Å². The molecule has 0 aliphatic carbocycles. The summed E-state index contributed by atoms with van der Waals surface area (Å²) in [7, 11) is 0. The number of benzene rings is 2. The van der Waals surface area contributed by atoms with Gasteiger partial charge in [0.2, 0.25) is 12.2 Å². The van der Waals surface area contributed by atoms with Crippen LogP contribution in [0, 0.1) is 10.1 Å². The average molecular weight is 651 g/mol. The molecular weight excluding hydrogens is 609 g/mol. The summed E-state index contributed by atoms with van der Waals surface area (Å²) in [6.45, 7) is 9.13. The van der Waals surface area contributed by atoms with Gasteiger partial charge in [0.1, 0.15) is 0 Å². The summed E-state index contributed by atoms with van der Waals surface area (Å²) in [5.74, 6) is -0.439. The van der Waals surface area contributed by atoms with Gasteiger partial charge in [-0.15, -0.1) is 5.75 Å². The predicted octanol–water partition coefficient (Wildman–Crippen LogP) is -0.313. The maximum atomic E-state index is 13.8. The number of rotatable bonds is 5. The standard InChI is InChI=1S/C32H41N3O9.K/c1-32(2)27-5-3-4-6-28(27)34(30(32)10-7-25-23-26(35(38)39)8-9-29(25)36)24-31(37)33-11-13-40-15-17-42-19-21-44-22-20-43-18-16-41-14-12-33;/h3-10,23H,11-22,24H2,1-2H3;/q;+1. The second kappa shape index (κ2) is 18.9. The van der Waals surface area contributed by atoms with Crippen molar-refractivity contribution in [3.05, 3.63) is 69.8 Å². The van der Waals surface area contributed by atoms with Gasteiger partial charge >= 0.3 is 51.4 Å². The number of nitro benzene ring substituents is 1. The first-order chi connectivity index (χ1) is 21.3. The topological polar surface area (TPSA) is 136 Å². The molecule has 45 heavy (non-hydrogen) atoms. The smallest absolute Gasteiger partial charge is 0.872 e. The Morgan fingerprint density at radius 2 is 1.40 bits per heavy atom. The molecule has 2 aromatic carbocycles. The maximum absolute atomic E-state index is 13.8. The van der Waals surface area contributed by atoms with Crippen molar-refractivity contribution < 1.29 is 94.5 Å². The summed E-state index contributed by atoms with van der Waals surface area (Å²) in [6.07, 6.45) is 3.37. The van der Waals surface area contributed by atoms with E-state index in [4.69, 9.17) is 23.7 Å². The summed E-state index contributed by atoms with van der Waals surface area (Å²) in [4.78, 5) is 26.3. The number of hydrogen-bond acceptors (Lipinski definition) is 9. The maximum Gasteiger partial charge on any atom is 1.00 e. The molecule has 0 atom stereocenters. The minimum Gasteiger partial charge on any atom is -0.872 e. The number of nitrogens with zero attached hydrogens (tertiary/aromatic N) is 3. The van der Waals surface area contributed by atoms with Gasteiger partial charge < -0.3 is 33.7 Å². The minimum atomic E-state index is -0.529. The van der Waals surface area contributed by atoms with Gasteiger partial charge in [-0.25, -0.2) is 0 Å². The molecule has 2 aliphatic heterocycles. The van der Waals surface area contributed by atoms with Crippen LogP contribution in [0.2, 0.25) is 0 Å². The van der Waals surface area contributed by atoms with Crippen LogP contribution in [0.5, 0.6) is 5.75 Å². The van der Waals surface area contributed by atoms with Crippen molar-refractivity contribution in [2.45, 2.75) is 19.3 Å². The number of para-hydroxylation sites is 1. The fraction of sp³-hybridized carbons (Fsp3) is 0.500. The van der Waals surface area contributed by atoms with E-state index >= 15 is 0 Å². The molecule has 2 aliphatic rings. The van der Waals surface area contributed by atoms with E-state index in [9.17, 15) is 20.0 Å². The fourth-order valence-electron chi connectivity index (χ4n) is 5.19. The molecule has 2 heterocycles. The van der Waals surface area contributed by atoms with Crippen molar-refractivity contribution >= 4 is 29.1 Å². The van der Waals surface area contributed by atoms with Gasteiger partial charge in [0.15, 0.2) is 5.71 Å². The molecular formula is C32H41KN3O9+. The van der Waals surface area contributed by atoms with E-state index in [0.29, 0.717) is 79.2 Å². The number of carbonyl (C=O) groups is 1. The Labute approximate surface area is 306 Å². The monoisotopic (exact) mass is 650 g/mol. The van der Waals surface area contributed by atoms with Gasteiger partial charge in [-0.05, 0) is 25.5 Å². The number of fused-ring (bicyclic) bond motifs is 1. The number of nitro groups is 1. The van der Waals surface area contributed by atoms with Crippen LogP contribution in [0.3, 0.4) is 0 Å². The Kier molecular flexibility index (Phi) is 15.7. The van der Waals surface area contributed by atoms with Crippen molar-refractivity contribution in [2.24, 2.45) is 0 Å². The molecule has 13 heteroatoms. The van der Waals surface area contributed by atoms with Gasteiger partial charge in [0.05, 0.1) is 76.4 Å². The summed E-state index contributed by atoms with van der Waals surface area (Å²) >= 11 is 0. The van der Waals surface area contributed by atoms with E-state index in [1.165, 1.54) is 18.2 Å². The van der Waals surface area contributed by atoms with Crippen molar-refractivity contribution in [3.8, 4) is 5.75 Å². The van der Waals surface area contributed by atoms with E-state index in [2.05, 4.69) is 13.8 Å². The summed E-state index contributed by atoms with van der Waals surface area (Å²) in [5, 5.41) is 23.8. The van der Waals surface area contributed by atoms with E-state index in [1.807, 2.05) is 28.8 Å². The van der Waals surface area contributed by atoms with Crippen LogP contribution >= 0.6 is 0 Å². The third-order valence-corrected chi connectivity index (χ3v) is 7.57. The molecule has 0 N–H and O–H groups in total. The Hall–Kier alpha value is -2.04. The number of non-ortho nitro benzene ring substituents is 1. The molecule has 0 bridgehead atoms. The van der Waals surface area contributed by atoms with Crippen LogP contribution in [-0.4, -0.2) is 112 Å². The molecule has 12 nitrogen and oxygen atoms in total. The number of allylic oxidation sites excluding steroid dienone is 1. The molecule has 0 unspecified atom stereocenters. The first-order valence-electron chi connectivity index (χ1n) is 14.8. The molecule has 238 valence electrons. The second-order valence-corrected chi connectivity index (χ2v) is 10.9. The Bertz CT molecular complexity index is 1330. The molecule has 0 aromatic heterocycles. The average Bonchev–Trinajstić information content (AvgIpc) is 3.21. The predicted molar refractivity (Wildman–Crippen MR) is 162 cm³/mol. The van der Waals surface area contributed by atoms with Crippen molar-refractivity contribution in [1.82, 2.24) is 4.90 Å². The van der Waals surface area contributed by atoms with Crippen LogP contribution in [0.15, 0.2) is 48.5 Å². The van der Waals surface area contributed by atoms with E-state index < -0.39 is 10.3 Å². The molecule has 2 aromatic rings. The summed E-state index contributed by atoms with van der Waals surface area (Å²) < 4.78 is 29.9. The molecule has 1 amide bonds. The first kappa shape index (κ1) is 37.4. The van der Waals surface area contributed by atoms with Crippen molar-refractivity contribution in [2.75, 3.05) is 85.7 Å². The second-order valence-electron chi connectivity index (χ2n) is 10.9. The minimum absolute atomic E-state index is 0. The SMILES string of the molecule is CC1(C)C(/C=C/c2cc([N+](=O)[O-])ccc2[O-])=[N+](CC(=O)N2CCOCCOCCOCCOCCOCC2)c2ccccc21.[K+]. The molecule has 0 radical (unpaired) electrons. The normalized spacial score (nSPS) is 18.9. The summed E-state index contributed by atoms with van der Waals surface area (Å²) in [6, 6.07) is 11.5. The van der Waals surface area contributed by atoms with Crippen molar-refractivity contribution in [1.29, 1.82) is 0 Å². The Morgan fingerprint density at radius 3 is 1.96 bits per heavy atom. The van der Waals surface area contributed by atoms with Gasteiger partial charge in [-0.3, -0.25) is 14.9 Å². The molecule has 1 saturated heterocycles. The third-order valence-electron chi connectivity index (χ3n) is 7.57. The first-order valence-corrected chi connectivity index (χ1v) is 14.8. The van der Waals surface area contributed by atoms with Gasteiger partial charge in [0, 0.05) is 42.9 Å². The van der Waals surface area contributed by atoms with Crippen molar-refractivity contribution in [3.63, 3.8) is 0 Å². The Morgan fingerprint density at radius 1 is 0.867 bits per heavy atom. The molecule has 4 rings (SSSR count). The van der Waals surface area contributed by atoms with E-state index in [1.54, 1.807) is 17.1 Å². The zero-order valence-electron chi connectivity index (χ0n) is 26.4. The Balaban J connectivity index is 0.00000552. The van der Waals surface area contributed by atoms with Crippen LogP contribution in [0.25, 0.3) is 6.08 Å². The molecule has 0 saturated carbocycles. The van der Waals surface area contributed by atoms with Crippen LogP contribution in [0.1, 0.15) is 25.0 Å². The van der Waals surface area contributed by atoms with Crippen LogP contribution in [-0.2, 0) is 33.9 Å². The van der Waals surface area contributed by atoms with Crippen LogP contribution in [0.4, 0.5) is 11.4 Å². The fourth-order valence-corrected chi connectivity index (χ4v) is 5.19. The number of ether oxygens (including phenoxy) is 5. The number of carbonyl (C=O) groups excluding carboxylic acids is 1.